The van der Waals surface area contributed by atoms with E-state index in [1.807, 2.05) is 13.8 Å². The fourth-order valence-electron chi connectivity index (χ4n) is 1.69. The van der Waals surface area contributed by atoms with Crippen molar-refractivity contribution in [2.45, 2.75) is 26.7 Å². The highest BCUT2D eigenvalue weighted by atomic mass is 16.2. The zero-order valence-electron chi connectivity index (χ0n) is 9.03. The molecule has 2 N–H and O–H groups in total. The summed E-state index contributed by atoms with van der Waals surface area (Å²) in [7, 11) is 0. The van der Waals surface area contributed by atoms with Gasteiger partial charge in [0, 0.05) is 25.3 Å². The van der Waals surface area contributed by atoms with Crippen molar-refractivity contribution in [3.8, 4) is 0 Å². The maximum absolute atomic E-state index is 11.7. The van der Waals surface area contributed by atoms with E-state index in [1.165, 1.54) is 0 Å². The van der Waals surface area contributed by atoms with Gasteiger partial charge in [0.05, 0.1) is 0 Å². The fourth-order valence-corrected chi connectivity index (χ4v) is 1.69. The maximum Gasteiger partial charge on any atom is 0.233 e. The molecule has 5 nitrogen and oxygen atoms in total. The number of carbonyl (C=O) groups excluding carboxylic acids is 3. The molecule has 5 heteroatoms. The van der Waals surface area contributed by atoms with Gasteiger partial charge < -0.3 is 5.73 Å². The van der Waals surface area contributed by atoms with Crippen LogP contribution in [0.15, 0.2) is 0 Å². The quantitative estimate of drug-likeness (QED) is 0.660. The van der Waals surface area contributed by atoms with E-state index in [4.69, 9.17) is 5.73 Å². The molecule has 1 unspecified atom stereocenters. The van der Waals surface area contributed by atoms with Crippen LogP contribution in [0.25, 0.3) is 0 Å². The molecule has 15 heavy (non-hydrogen) atoms. The van der Waals surface area contributed by atoms with E-state index in [-0.39, 0.29) is 43.0 Å². The lowest BCUT2D eigenvalue weighted by atomic mass is 9.94. The van der Waals surface area contributed by atoms with Crippen LogP contribution in [0.5, 0.6) is 0 Å². The molecule has 0 aromatic carbocycles. The minimum absolute atomic E-state index is 0.0439. The predicted molar refractivity (Wildman–Crippen MR) is 53.5 cm³/mol. The lowest BCUT2D eigenvalue weighted by Gasteiger charge is -2.15. The summed E-state index contributed by atoms with van der Waals surface area (Å²) in [6.45, 7) is 3.94. The third-order valence-electron chi connectivity index (χ3n) is 2.67. The van der Waals surface area contributed by atoms with Crippen LogP contribution in [-0.4, -0.2) is 29.2 Å². The average molecular weight is 212 g/mol. The molecule has 0 aliphatic carbocycles. The summed E-state index contributed by atoms with van der Waals surface area (Å²) in [6.07, 6.45) is 0.303. The van der Waals surface area contributed by atoms with Gasteiger partial charge in [-0.2, -0.15) is 0 Å². The van der Waals surface area contributed by atoms with Crippen molar-refractivity contribution in [3.05, 3.63) is 0 Å². The zero-order chi connectivity index (χ0) is 11.6. The predicted octanol–water partition coefficient (Wildman–Crippen LogP) is -0.107. The van der Waals surface area contributed by atoms with Gasteiger partial charge in [-0.3, -0.25) is 19.3 Å². The van der Waals surface area contributed by atoms with E-state index in [2.05, 4.69) is 0 Å². The zero-order valence-corrected chi connectivity index (χ0v) is 9.03. The lowest BCUT2D eigenvalue weighted by Crippen LogP contribution is -2.34. The van der Waals surface area contributed by atoms with Gasteiger partial charge in [0.2, 0.25) is 17.7 Å². The van der Waals surface area contributed by atoms with Gasteiger partial charge in [0.25, 0.3) is 0 Å². The van der Waals surface area contributed by atoms with Crippen molar-refractivity contribution in [1.82, 2.24) is 4.90 Å². The molecule has 1 aliphatic rings. The molecule has 0 aromatic heterocycles. The summed E-state index contributed by atoms with van der Waals surface area (Å²) in [4.78, 5) is 34.9. The smallest absolute Gasteiger partial charge is 0.233 e. The second-order valence-electron chi connectivity index (χ2n) is 4.15. The molecular formula is C10H16N2O3. The number of amides is 3. The van der Waals surface area contributed by atoms with E-state index in [0.717, 1.165) is 4.90 Å². The lowest BCUT2D eigenvalue weighted by molar-refractivity contribution is -0.139. The minimum Gasteiger partial charge on any atom is -0.370 e. The highest BCUT2D eigenvalue weighted by molar-refractivity contribution is 6.03. The normalized spacial score (nSPS) is 21.5. The minimum atomic E-state index is -0.497. The Hall–Kier alpha value is -1.39. The third kappa shape index (κ3) is 2.55. The third-order valence-corrected chi connectivity index (χ3v) is 2.67. The number of nitrogens with zero attached hydrogens (tertiary/aromatic N) is 1. The van der Waals surface area contributed by atoms with Crippen molar-refractivity contribution >= 4 is 17.7 Å². The number of hydrogen-bond acceptors (Lipinski definition) is 3. The van der Waals surface area contributed by atoms with E-state index >= 15 is 0 Å². The SMILES string of the molecule is CC(C)C1CC(=O)N(CCC(N)=O)C1=O. The van der Waals surface area contributed by atoms with Crippen LogP contribution in [0.4, 0.5) is 0 Å². The van der Waals surface area contributed by atoms with Crippen LogP contribution in [0.2, 0.25) is 0 Å². The monoisotopic (exact) mass is 212 g/mol. The number of imide groups is 1. The van der Waals surface area contributed by atoms with Gasteiger partial charge in [0.1, 0.15) is 0 Å². The number of hydrogen-bond donors (Lipinski definition) is 1. The summed E-state index contributed by atoms with van der Waals surface area (Å²) in [5.74, 6) is -0.940. The Kier molecular flexibility index (Phi) is 3.44. The van der Waals surface area contributed by atoms with Crippen LogP contribution < -0.4 is 5.73 Å². The van der Waals surface area contributed by atoms with E-state index in [0.29, 0.717) is 0 Å². The Bertz CT molecular complexity index is 299. The Morgan fingerprint density at radius 1 is 1.53 bits per heavy atom. The van der Waals surface area contributed by atoms with Crippen LogP contribution in [0.1, 0.15) is 26.7 Å². The Labute approximate surface area is 88.6 Å². The molecule has 1 aliphatic heterocycles. The first-order chi connectivity index (χ1) is 6.93. The van der Waals surface area contributed by atoms with Crippen molar-refractivity contribution < 1.29 is 14.4 Å². The highest BCUT2D eigenvalue weighted by Crippen LogP contribution is 2.26. The summed E-state index contributed by atoms with van der Waals surface area (Å²) in [6, 6.07) is 0. The van der Waals surface area contributed by atoms with Gasteiger partial charge >= 0.3 is 0 Å². The highest BCUT2D eigenvalue weighted by Gasteiger charge is 2.39. The number of primary amides is 1. The van der Waals surface area contributed by atoms with Crippen LogP contribution >= 0.6 is 0 Å². The van der Waals surface area contributed by atoms with Gasteiger partial charge in [-0.15, -0.1) is 0 Å². The molecule has 84 valence electrons. The molecule has 0 radical (unpaired) electrons. The molecule has 0 aromatic rings. The first kappa shape index (κ1) is 11.7. The largest absolute Gasteiger partial charge is 0.370 e. The molecule has 1 saturated heterocycles. The second-order valence-corrected chi connectivity index (χ2v) is 4.15. The van der Waals surface area contributed by atoms with Crippen molar-refractivity contribution in [3.63, 3.8) is 0 Å². The van der Waals surface area contributed by atoms with Crippen LogP contribution in [0.3, 0.4) is 0 Å². The first-order valence-electron chi connectivity index (χ1n) is 5.06. The molecule has 1 fully saturated rings. The molecule has 0 saturated carbocycles. The molecule has 3 amide bonds. The summed E-state index contributed by atoms with van der Waals surface area (Å²) in [5.41, 5.74) is 4.97. The van der Waals surface area contributed by atoms with Crippen molar-refractivity contribution in [2.75, 3.05) is 6.54 Å². The molecular weight excluding hydrogens is 196 g/mol. The standard InChI is InChI=1S/C10H16N2O3/c1-6(2)7-5-9(14)12(10(7)15)4-3-8(11)13/h6-7H,3-5H2,1-2H3,(H2,11,13). The number of nitrogens with two attached hydrogens (primary N) is 1. The Morgan fingerprint density at radius 2 is 2.13 bits per heavy atom. The first-order valence-corrected chi connectivity index (χ1v) is 5.06. The van der Waals surface area contributed by atoms with E-state index in [1.54, 1.807) is 0 Å². The maximum atomic E-state index is 11.7. The van der Waals surface area contributed by atoms with Crippen molar-refractivity contribution in [1.29, 1.82) is 0 Å². The molecule has 0 bridgehead atoms. The van der Waals surface area contributed by atoms with Gasteiger partial charge in [-0.05, 0) is 5.92 Å². The van der Waals surface area contributed by atoms with E-state index in [9.17, 15) is 14.4 Å². The Morgan fingerprint density at radius 3 is 2.53 bits per heavy atom. The number of likely N-dealkylation sites (tertiary alicyclic amines) is 1. The van der Waals surface area contributed by atoms with Gasteiger partial charge in [-0.25, -0.2) is 0 Å². The van der Waals surface area contributed by atoms with Crippen LogP contribution in [0, 0.1) is 11.8 Å². The second kappa shape index (κ2) is 4.42. The Balaban J connectivity index is 2.63. The van der Waals surface area contributed by atoms with Gasteiger partial charge in [-0.1, -0.05) is 13.8 Å². The average Bonchev–Trinajstić information content (AvgIpc) is 2.39. The molecule has 1 heterocycles. The fraction of sp³-hybridized carbons (Fsp3) is 0.700. The molecule has 1 rings (SSSR count). The molecule has 1 atom stereocenters. The van der Waals surface area contributed by atoms with Crippen LogP contribution in [-0.2, 0) is 14.4 Å². The summed E-state index contributed by atoms with van der Waals surface area (Å²) >= 11 is 0. The summed E-state index contributed by atoms with van der Waals surface area (Å²) in [5, 5.41) is 0. The van der Waals surface area contributed by atoms with Crippen molar-refractivity contribution in [2.24, 2.45) is 17.6 Å². The van der Waals surface area contributed by atoms with E-state index < -0.39 is 5.91 Å². The number of carbonyl (C=O) groups is 3. The topological polar surface area (TPSA) is 80.5 Å². The molecule has 0 spiro atoms. The van der Waals surface area contributed by atoms with Gasteiger partial charge in [0.15, 0.2) is 0 Å². The number of rotatable bonds is 4. The summed E-state index contributed by atoms with van der Waals surface area (Å²) < 4.78 is 0.